The number of methoxy groups -OCH3 is 2. The SMILES string of the molecule is COc1ccc2c(OC3CC4C(=O)NC5(C(=O)NS(=O)(=O)C6(C)CC6)CC5C=CCCC(C)CC(C)C(NC(=O)OC(C)(C)C(C)(F)F)C(=O)N4C3)cc(OC)nc2c1. The number of halogens is 2. The summed E-state index contributed by atoms with van der Waals surface area (Å²) < 4.78 is 78.9. The van der Waals surface area contributed by atoms with Gasteiger partial charge in [-0.3, -0.25) is 19.1 Å². The minimum atomic E-state index is -4.06. The molecule has 2 saturated carbocycles. The summed E-state index contributed by atoms with van der Waals surface area (Å²) >= 11 is 0. The van der Waals surface area contributed by atoms with Crippen molar-refractivity contribution in [1.29, 1.82) is 0 Å². The van der Waals surface area contributed by atoms with Crippen molar-refractivity contribution >= 4 is 44.7 Å². The van der Waals surface area contributed by atoms with E-state index in [-0.39, 0.29) is 31.2 Å². The topological polar surface area (TPSA) is 192 Å². The number of sulfonamides is 1. The Morgan fingerprint density at radius 2 is 1.76 bits per heavy atom. The number of carbonyl (C=O) groups is 4. The Hall–Kier alpha value is -4.74. The lowest BCUT2D eigenvalue weighted by atomic mass is 9.88. The summed E-state index contributed by atoms with van der Waals surface area (Å²) in [6.07, 6.45) is 4.13. The van der Waals surface area contributed by atoms with Gasteiger partial charge in [-0.15, -0.1) is 0 Å². The van der Waals surface area contributed by atoms with E-state index < -0.39 is 85.7 Å². The van der Waals surface area contributed by atoms with E-state index in [1.54, 1.807) is 38.1 Å². The zero-order valence-electron chi connectivity index (χ0n) is 34.7. The summed E-state index contributed by atoms with van der Waals surface area (Å²) in [6.45, 7) is 7.88. The number of benzene rings is 1. The molecule has 59 heavy (non-hydrogen) atoms. The smallest absolute Gasteiger partial charge is 0.408 e. The van der Waals surface area contributed by atoms with Gasteiger partial charge in [0.05, 0.1) is 31.0 Å². The number of nitrogens with zero attached hydrogens (tertiary/aromatic N) is 2. The molecule has 7 atom stereocenters. The van der Waals surface area contributed by atoms with E-state index in [2.05, 4.69) is 20.3 Å². The molecular formula is C41H55F2N5O10S. The summed E-state index contributed by atoms with van der Waals surface area (Å²) in [5.41, 5.74) is -3.36. The average molecular weight is 848 g/mol. The molecule has 4 aliphatic rings. The van der Waals surface area contributed by atoms with Crippen LogP contribution in [0.25, 0.3) is 10.9 Å². The lowest BCUT2D eigenvalue weighted by Gasteiger charge is -2.35. The van der Waals surface area contributed by atoms with E-state index in [1.807, 2.05) is 19.1 Å². The van der Waals surface area contributed by atoms with Crippen molar-refractivity contribution in [3.63, 3.8) is 0 Å². The van der Waals surface area contributed by atoms with Crippen LogP contribution < -0.4 is 29.6 Å². The Kier molecular flexibility index (Phi) is 11.9. The molecule has 7 unspecified atom stereocenters. The normalized spacial score (nSPS) is 28.5. The Morgan fingerprint density at radius 3 is 2.41 bits per heavy atom. The third-order valence-corrected chi connectivity index (χ3v) is 14.5. The second-order valence-corrected chi connectivity index (χ2v) is 19.6. The molecule has 3 heterocycles. The van der Waals surface area contributed by atoms with Crippen molar-refractivity contribution in [2.45, 2.75) is 126 Å². The average Bonchev–Trinajstić information content (AvgIpc) is 4.04. The third kappa shape index (κ3) is 9.06. The van der Waals surface area contributed by atoms with Crippen LogP contribution in [0, 0.1) is 17.8 Å². The number of alkyl carbamates (subject to hydrolysis) is 1. The van der Waals surface area contributed by atoms with Gasteiger partial charge >= 0.3 is 6.09 Å². The molecule has 324 valence electrons. The molecule has 0 spiro atoms. The largest absolute Gasteiger partial charge is 0.497 e. The maximum atomic E-state index is 14.9. The quantitative estimate of drug-likeness (QED) is 0.273. The number of rotatable bonds is 10. The van der Waals surface area contributed by atoms with Gasteiger partial charge in [0.15, 0.2) is 5.60 Å². The number of ether oxygens (including phenoxy) is 4. The Labute approximate surface area is 343 Å². The van der Waals surface area contributed by atoms with Gasteiger partial charge in [-0.05, 0) is 83.3 Å². The van der Waals surface area contributed by atoms with Gasteiger partial charge in [0.1, 0.15) is 35.2 Å². The molecule has 4 amide bonds. The molecule has 1 aromatic heterocycles. The van der Waals surface area contributed by atoms with Crippen molar-refractivity contribution < 1.29 is 55.3 Å². The maximum absolute atomic E-state index is 14.9. The summed E-state index contributed by atoms with van der Waals surface area (Å²) in [5, 5.41) is 5.97. The highest BCUT2D eigenvalue weighted by Crippen LogP contribution is 2.48. The number of carbonyl (C=O) groups excluding carboxylic acids is 4. The van der Waals surface area contributed by atoms with Gasteiger partial charge in [0.25, 0.3) is 11.8 Å². The van der Waals surface area contributed by atoms with Crippen LogP contribution in [-0.4, -0.2) is 103 Å². The number of amides is 4. The van der Waals surface area contributed by atoms with E-state index in [4.69, 9.17) is 18.9 Å². The predicted molar refractivity (Wildman–Crippen MR) is 212 cm³/mol. The van der Waals surface area contributed by atoms with Crippen molar-refractivity contribution in [2.24, 2.45) is 17.8 Å². The van der Waals surface area contributed by atoms with Crippen molar-refractivity contribution in [1.82, 2.24) is 25.2 Å². The first kappa shape index (κ1) is 43.8. The van der Waals surface area contributed by atoms with Gasteiger partial charge in [0.2, 0.25) is 27.7 Å². The van der Waals surface area contributed by atoms with E-state index in [0.717, 1.165) is 13.8 Å². The second kappa shape index (κ2) is 16.0. The van der Waals surface area contributed by atoms with Crippen LogP contribution in [0.1, 0.15) is 86.5 Å². The highest BCUT2D eigenvalue weighted by atomic mass is 32.2. The molecule has 0 bridgehead atoms. The molecule has 2 aromatic rings. The molecule has 6 rings (SSSR count). The van der Waals surface area contributed by atoms with Crippen molar-refractivity contribution in [3.8, 4) is 17.4 Å². The molecule has 1 aromatic carbocycles. The van der Waals surface area contributed by atoms with Crippen LogP contribution >= 0.6 is 0 Å². The summed E-state index contributed by atoms with van der Waals surface area (Å²) in [7, 11) is -1.10. The number of nitrogens with one attached hydrogen (secondary N) is 3. The van der Waals surface area contributed by atoms with Gasteiger partial charge in [-0.1, -0.05) is 26.0 Å². The van der Waals surface area contributed by atoms with Gasteiger partial charge in [0, 0.05) is 36.8 Å². The van der Waals surface area contributed by atoms with E-state index >= 15 is 0 Å². The molecule has 2 aliphatic carbocycles. The summed E-state index contributed by atoms with van der Waals surface area (Å²) in [6, 6.07) is 4.14. The van der Waals surface area contributed by atoms with Crippen molar-refractivity contribution in [3.05, 3.63) is 36.4 Å². The lowest BCUT2D eigenvalue weighted by molar-refractivity contribution is -0.152. The minimum absolute atomic E-state index is 0.0137. The Morgan fingerprint density at radius 1 is 1.05 bits per heavy atom. The first-order valence-electron chi connectivity index (χ1n) is 20.0. The first-order chi connectivity index (χ1) is 27.5. The summed E-state index contributed by atoms with van der Waals surface area (Å²) in [5.74, 6) is -5.70. The Balaban J connectivity index is 1.37. The third-order valence-electron chi connectivity index (χ3n) is 12.4. The van der Waals surface area contributed by atoms with Crippen LogP contribution in [0.15, 0.2) is 36.4 Å². The molecule has 0 radical (unpaired) electrons. The molecule has 3 N–H and O–H groups in total. The fourth-order valence-electron chi connectivity index (χ4n) is 7.74. The zero-order valence-corrected chi connectivity index (χ0v) is 35.5. The fourth-order valence-corrected chi connectivity index (χ4v) is 9.05. The van der Waals surface area contributed by atoms with Crippen molar-refractivity contribution in [2.75, 3.05) is 20.8 Å². The van der Waals surface area contributed by atoms with E-state index in [0.29, 0.717) is 61.4 Å². The van der Waals surface area contributed by atoms with E-state index in [9.17, 15) is 36.4 Å². The predicted octanol–water partition coefficient (Wildman–Crippen LogP) is 5.01. The molecule has 18 heteroatoms. The molecular weight excluding hydrogens is 793 g/mol. The van der Waals surface area contributed by atoms with Crippen LogP contribution in [0.2, 0.25) is 0 Å². The highest BCUT2D eigenvalue weighted by molar-refractivity contribution is 7.91. The van der Waals surface area contributed by atoms with Crippen LogP contribution in [-0.2, 0) is 29.1 Å². The molecule has 2 aliphatic heterocycles. The number of hydrogen-bond donors (Lipinski definition) is 3. The molecule has 15 nitrogen and oxygen atoms in total. The number of allylic oxidation sites excluding steroid dienone is 1. The highest BCUT2D eigenvalue weighted by Gasteiger charge is 2.63. The number of aromatic nitrogens is 1. The van der Waals surface area contributed by atoms with Crippen LogP contribution in [0.4, 0.5) is 13.6 Å². The second-order valence-electron chi connectivity index (χ2n) is 17.4. The summed E-state index contributed by atoms with van der Waals surface area (Å²) in [4.78, 5) is 62.5. The van der Waals surface area contributed by atoms with Crippen LogP contribution in [0.5, 0.6) is 17.4 Å². The maximum Gasteiger partial charge on any atom is 0.408 e. The fraction of sp³-hybridized carbons (Fsp3) is 0.634. The monoisotopic (exact) mass is 847 g/mol. The molecule has 3 fully saturated rings. The van der Waals surface area contributed by atoms with Gasteiger partial charge < -0.3 is 34.5 Å². The minimum Gasteiger partial charge on any atom is -0.497 e. The van der Waals surface area contributed by atoms with Gasteiger partial charge in [-0.25, -0.2) is 27.0 Å². The number of hydrogen-bond acceptors (Lipinski definition) is 11. The van der Waals surface area contributed by atoms with Gasteiger partial charge in [-0.2, -0.15) is 0 Å². The number of pyridine rings is 1. The Bertz CT molecular complexity index is 2120. The number of fused-ring (bicyclic) bond motifs is 3. The standard InChI is InChI=1S/C41H55F2N5O10S/c1-23-11-9-10-12-25-21-41(25,36(51)47-59(53,54)39(5)15-16-39)46-34(49)30-19-27(57-31-20-32(56-8)44-29-18-26(55-7)13-14-28(29)31)22-48(30)35(50)33(24(2)17-23)45-37(52)58-38(3,4)40(6,42)43/h10,12-14,18,20,23-25,27,30,33H,9,11,15-17,19,21-22H2,1-8H3,(H,45,52)(H,46,49)(H,47,51). The van der Waals surface area contributed by atoms with Crippen LogP contribution in [0.3, 0.4) is 0 Å². The first-order valence-corrected chi connectivity index (χ1v) is 21.4. The van der Waals surface area contributed by atoms with E-state index in [1.165, 1.54) is 19.1 Å². The zero-order chi connectivity index (χ0) is 43.3. The number of alkyl halides is 2. The molecule has 1 saturated heterocycles. The lowest BCUT2D eigenvalue weighted by Crippen LogP contribution is -2.59.